The molecule has 1 heterocycles. The highest BCUT2D eigenvalue weighted by Crippen LogP contribution is 2.30. The topological polar surface area (TPSA) is 54.3 Å². The molecule has 1 N–H and O–H groups in total. The number of aromatic nitrogens is 1. The standard InChI is InChI=1S/C9H5Cl3N2O2/c1-13-4-7(15)5-2-6(14-3-5)8(16)9(10,11)12/h2-3,14H,4H2. The van der Waals surface area contributed by atoms with E-state index in [1.54, 1.807) is 0 Å². The van der Waals surface area contributed by atoms with Crippen LogP contribution < -0.4 is 0 Å². The molecule has 1 rings (SSSR count). The molecule has 0 aromatic carbocycles. The van der Waals surface area contributed by atoms with Gasteiger partial charge in [0.25, 0.3) is 10.3 Å². The Morgan fingerprint density at radius 1 is 1.44 bits per heavy atom. The van der Waals surface area contributed by atoms with Crippen molar-refractivity contribution in [3.8, 4) is 0 Å². The molecule has 7 heteroatoms. The molecular weight excluding hydrogens is 274 g/mol. The highest BCUT2D eigenvalue weighted by Gasteiger charge is 2.33. The zero-order valence-corrected chi connectivity index (χ0v) is 10.0. The zero-order chi connectivity index (χ0) is 12.3. The number of ketones is 2. The lowest BCUT2D eigenvalue weighted by atomic mass is 10.2. The van der Waals surface area contributed by atoms with Crippen molar-refractivity contribution in [2.24, 2.45) is 0 Å². The van der Waals surface area contributed by atoms with Crippen LogP contribution in [0.5, 0.6) is 0 Å². The van der Waals surface area contributed by atoms with Gasteiger partial charge in [-0.1, -0.05) is 34.8 Å². The van der Waals surface area contributed by atoms with Crippen molar-refractivity contribution in [2.45, 2.75) is 3.79 Å². The molecule has 0 amide bonds. The zero-order valence-electron chi connectivity index (χ0n) is 7.76. The number of rotatable bonds is 3. The van der Waals surface area contributed by atoms with Gasteiger partial charge in [0.1, 0.15) is 0 Å². The predicted octanol–water partition coefficient (Wildman–Crippen LogP) is 2.67. The summed E-state index contributed by atoms with van der Waals surface area (Å²) in [6, 6.07) is 1.26. The van der Waals surface area contributed by atoms with Crippen molar-refractivity contribution in [1.82, 2.24) is 4.98 Å². The molecule has 1 aromatic heterocycles. The lowest BCUT2D eigenvalue weighted by molar-refractivity contribution is 0.0991. The minimum atomic E-state index is -2.06. The monoisotopic (exact) mass is 278 g/mol. The van der Waals surface area contributed by atoms with Gasteiger partial charge in [-0.25, -0.2) is 6.57 Å². The van der Waals surface area contributed by atoms with Crippen molar-refractivity contribution in [3.05, 3.63) is 34.9 Å². The number of aromatic amines is 1. The van der Waals surface area contributed by atoms with E-state index in [9.17, 15) is 9.59 Å². The van der Waals surface area contributed by atoms with Gasteiger partial charge in [-0.2, -0.15) is 0 Å². The molecule has 16 heavy (non-hydrogen) atoms. The third-order valence-corrected chi connectivity index (χ3v) is 2.24. The van der Waals surface area contributed by atoms with Gasteiger partial charge in [0.2, 0.25) is 11.6 Å². The summed E-state index contributed by atoms with van der Waals surface area (Å²) in [5.74, 6) is -1.14. The number of carbonyl (C=O) groups is 2. The molecule has 0 spiro atoms. The Hall–Kier alpha value is -1.02. The van der Waals surface area contributed by atoms with Gasteiger partial charge in [0.15, 0.2) is 0 Å². The molecule has 0 fully saturated rings. The number of carbonyl (C=O) groups excluding carboxylic acids is 2. The molecular formula is C9H5Cl3N2O2. The summed E-state index contributed by atoms with van der Waals surface area (Å²) < 4.78 is -2.06. The van der Waals surface area contributed by atoms with Crippen molar-refractivity contribution in [2.75, 3.05) is 6.54 Å². The summed E-state index contributed by atoms with van der Waals surface area (Å²) in [6.07, 6.45) is 1.30. The van der Waals surface area contributed by atoms with E-state index in [1.807, 2.05) is 0 Å². The van der Waals surface area contributed by atoms with Gasteiger partial charge >= 0.3 is 0 Å². The van der Waals surface area contributed by atoms with E-state index in [4.69, 9.17) is 41.4 Å². The van der Waals surface area contributed by atoms with Gasteiger partial charge in [-0.05, 0) is 6.07 Å². The second-order valence-electron chi connectivity index (χ2n) is 2.87. The highest BCUT2D eigenvalue weighted by atomic mass is 35.6. The van der Waals surface area contributed by atoms with Gasteiger partial charge in [-0.15, -0.1) is 0 Å². The summed E-state index contributed by atoms with van der Waals surface area (Å²) in [5, 5.41) is 0. The maximum atomic E-state index is 11.5. The molecule has 0 atom stereocenters. The quantitative estimate of drug-likeness (QED) is 0.525. The van der Waals surface area contributed by atoms with Crippen LogP contribution in [0.15, 0.2) is 12.3 Å². The first-order chi connectivity index (χ1) is 7.36. The maximum absolute atomic E-state index is 11.5. The molecule has 0 saturated carbocycles. The molecule has 0 saturated heterocycles. The fraction of sp³-hybridized carbons (Fsp3) is 0.222. The fourth-order valence-electron chi connectivity index (χ4n) is 1.00. The predicted molar refractivity (Wildman–Crippen MR) is 61.2 cm³/mol. The average molecular weight is 280 g/mol. The van der Waals surface area contributed by atoms with E-state index in [-0.39, 0.29) is 17.8 Å². The molecule has 0 radical (unpaired) electrons. The van der Waals surface area contributed by atoms with Crippen LogP contribution in [-0.2, 0) is 0 Å². The number of H-pyrrole nitrogens is 1. The Kier molecular flexibility index (Phi) is 3.98. The summed E-state index contributed by atoms with van der Waals surface area (Å²) in [7, 11) is 0. The van der Waals surface area contributed by atoms with E-state index >= 15 is 0 Å². The van der Waals surface area contributed by atoms with Crippen LogP contribution in [0.4, 0.5) is 0 Å². The van der Waals surface area contributed by atoms with E-state index < -0.39 is 15.4 Å². The first-order valence-electron chi connectivity index (χ1n) is 4.02. The second kappa shape index (κ2) is 4.88. The van der Waals surface area contributed by atoms with E-state index in [0.717, 1.165) is 0 Å². The number of alkyl halides is 3. The minimum absolute atomic E-state index is 0.0216. The average Bonchev–Trinajstić information content (AvgIpc) is 2.64. The van der Waals surface area contributed by atoms with Crippen LogP contribution in [0, 0.1) is 6.57 Å². The van der Waals surface area contributed by atoms with Crippen molar-refractivity contribution in [3.63, 3.8) is 0 Å². The summed E-state index contributed by atoms with van der Waals surface area (Å²) in [6.45, 7) is 6.26. The number of Topliss-reactive ketones (excluding diaryl/α,β-unsaturated/α-hetero) is 2. The number of nitrogens with zero attached hydrogens (tertiary/aromatic N) is 1. The molecule has 1 aromatic rings. The molecule has 0 bridgehead atoms. The molecule has 0 aliphatic carbocycles. The largest absolute Gasteiger partial charge is 0.358 e. The maximum Gasteiger partial charge on any atom is 0.276 e. The van der Waals surface area contributed by atoms with Crippen LogP contribution >= 0.6 is 34.8 Å². The first kappa shape index (κ1) is 13.0. The Balaban J connectivity index is 2.93. The van der Waals surface area contributed by atoms with Gasteiger partial charge in [0, 0.05) is 11.8 Å². The highest BCUT2D eigenvalue weighted by molar-refractivity contribution is 6.77. The number of nitrogens with one attached hydrogen (secondary N) is 1. The van der Waals surface area contributed by atoms with Crippen molar-refractivity contribution >= 4 is 46.4 Å². The summed E-state index contributed by atoms with van der Waals surface area (Å²) in [4.78, 5) is 28.2. The molecule has 0 aliphatic rings. The van der Waals surface area contributed by atoms with Crippen LogP contribution in [0.25, 0.3) is 4.85 Å². The second-order valence-corrected chi connectivity index (χ2v) is 5.15. The molecule has 4 nitrogen and oxygen atoms in total. The third-order valence-electron chi connectivity index (χ3n) is 1.73. The lowest BCUT2D eigenvalue weighted by Gasteiger charge is -2.06. The minimum Gasteiger partial charge on any atom is -0.358 e. The van der Waals surface area contributed by atoms with E-state index in [1.165, 1.54) is 12.3 Å². The Labute approximate surface area is 106 Å². The summed E-state index contributed by atoms with van der Waals surface area (Å²) in [5.41, 5.74) is 0.238. The van der Waals surface area contributed by atoms with Crippen molar-refractivity contribution in [1.29, 1.82) is 0 Å². The SMILES string of the molecule is [C-]#[N+]CC(=O)c1c[nH]c(C(=O)C(Cl)(Cl)Cl)c1. The van der Waals surface area contributed by atoms with Crippen LogP contribution in [0.1, 0.15) is 20.8 Å². The van der Waals surface area contributed by atoms with Crippen molar-refractivity contribution < 1.29 is 9.59 Å². The smallest absolute Gasteiger partial charge is 0.276 e. The van der Waals surface area contributed by atoms with Crippen LogP contribution in [0.2, 0.25) is 0 Å². The van der Waals surface area contributed by atoms with Crippen LogP contribution in [0.3, 0.4) is 0 Å². The normalized spacial score (nSPS) is 10.9. The van der Waals surface area contributed by atoms with Gasteiger partial charge in [0.05, 0.1) is 5.69 Å². The fourth-order valence-corrected chi connectivity index (χ4v) is 1.31. The lowest BCUT2D eigenvalue weighted by Crippen LogP contribution is -2.19. The third kappa shape index (κ3) is 2.99. The molecule has 0 aliphatic heterocycles. The number of halogens is 3. The van der Waals surface area contributed by atoms with E-state index in [0.29, 0.717) is 0 Å². The molecule has 84 valence electrons. The first-order valence-corrected chi connectivity index (χ1v) is 5.16. The number of hydrogen-bond acceptors (Lipinski definition) is 2. The van der Waals surface area contributed by atoms with E-state index in [2.05, 4.69) is 9.83 Å². The van der Waals surface area contributed by atoms with Crippen LogP contribution in [-0.4, -0.2) is 26.9 Å². The Bertz CT molecular complexity index is 468. The van der Waals surface area contributed by atoms with Gasteiger partial charge in [-0.3, -0.25) is 9.59 Å². The molecule has 0 unspecified atom stereocenters. The summed E-state index contributed by atoms with van der Waals surface area (Å²) >= 11 is 16.2. The number of hydrogen-bond donors (Lipinski definition) is 1. The Morgan fingerprint density at radius 2 is 2.06 bits per heavy atom. The van der Waals surface area contributed by atoms with Gasteiger partial charge < -0.3 is 9.83 Å². The Morgan fingerprint density at radius 3 is 2.56 bits per heavy atom.